The van der Waals surface area contributed by atoms with Crippen LogP contribution in [0.3, 0.4) is 0 Å². The van der Waals surface area contributed by atoms with Crippen molar-refractivity contribution in [3.8, 4) is 0 Å². The summed E-state index contributed by atoms with van der Waals surface area (Å²) in [4.78, 5) is 0. The van der Waals surface area contributed by atoms with E-state index in [1.807, 2.05) is 0 Å². The molecule has 0 bridgehead atoms. The molecule has 14 heavy (non-hydrogen) atoms. The molecule has 2 nitrogen and oxygen atoms in total. The molecule has 0 aromatic rings. The molecule has 2 N–H and O–H groups in total. The number of aliphatic hydroxyl groups excluding tert-OH is 2. The van der Waals surface area contributed by atoms with Crippen molar-refractivity contribution in [2.45, 2.75) is 50.7 Å². The summed E-state index contributed by atoms with van der Waals surface area (Å²) in [5.41, 5.74) is 0. The van der Waals surface area contributed by atoms with Gasteiger partial charge in [-0.2, -0.15) is 0 Å². The van der Waals surface area contributed by atoms with E-state index in [1.54, 1.807) is 0 Å². The standard InChI is InChI=1S/C12H20O2/c13-11-9-7-5-3-1-2-4-6-8-10-12(11)14/h3-6,11-14H,1-2,7-10H2/b5-3+,6-4+/t11-,12?/m1/s1. The summed E-state index contributed by atoms with van der Waals surface area (Å²) in [6, 6.07) is 0. The van der Waals surface area contributed by atoms with Crippen LogP contribution in [-0.2, 0) is 0 Å². The fourth-order valence-electron chi connectivity index (χ4n) is 1.58. The normalized spacial score (nSPS) is 35.3. The summed E-state index contributed by atoms with van der Waals surface area (Å²) in [7, 11) is 0. The molecule has 80 valence electrons. The predicted molar refractivity (Wildman–Crippen MR) is 58.0 cm³/mol. The van der Waals surface area contributed by atoms with Crippen molar-refractivity contribution in [3.63, 3.8) is 0 Å². The quantitative estimate of drug-likeness (QED) is 0.583. The van der Waals surface area contributed by atoms with Crippen molar-refractivity contribution in [2.75, 3.05) is 0 Å². The van der Waals surface area contributed by atoms with Crippen LogP contribution in [0.4, 0.5) is 0 Å². The molecule has 0 fully saturated rings. The van der Waals surface area contributed by atoms with Gasteiger partial charge in [0, 0.05) is 0 Å². The SMILES string of the molecule is OC1CC/C=C/CC/C=C/CC[C@H]1O. The van der Waals surface area contributed by atoms with Crippen LogP contribution in [0.1, 0.15) is 38.5 Å². The summed E-state index contributed by atoms with van der Waals surface area (Å²) in [6.07, 6.45) is 12.6. The van der Waals surface area contributed by atoms with Gasteiger partial charge in [0.05, 0.1) is 12.2 Å². The third kappa shape index (κ3) is 4.58. The van der Waals surface area contributed by atoms with E-state index in [4.69, 9.17) is 0 Å². The van der Waals surface area contributed by atoms with Gasteiger partial charge in [-0.25, -0.2) is 0 Å². The lowest BCUT2D eigenvalue weighted by Gasteiger charge is -2.16. The van der Waals surface area contributed by atoms with Gasteiger partial charge in [-0.15, -0.1) is 0 Å². The van der Waals surface area contributed by atoms with Gasteiger partial charge in [0.1, 0.15) is 0 Å². The summed E-state index contributed by atoms with van der Waals surface area (Å²) < 4.78 is 0. The molecule has 1 aliphatic rings. The Morgan fingerprint density at radius 3 is 1.43 bits per heavy atom. The maximum absolute atomic E-state index is 9.55. The van der Waals surface area contributed by atoms with Crippen LogP contribution >= 0.6 is 0 Å². The first-order chi connectivity index (χ1) is 6.80. The second-order valence-electron chi connectivity index (χ2n) is 3.81. The largest absolute Gasteiger partial charge is 0.390 e. The van der Waals surface area contributed by atoms with Crippen molar-refractivity contribution in [2.24, 2.45) is 0 Å². The first kappa shape index (κ1) is 11.5. The third-order valence-electron chi connectivity index (χ3n) is 2.54. The first-order valence-electron chi connectivity index (χ1n) is 5.47. The van der Waals surface area contributed by atoms with E-state index in [9.17, 15) is 10.2 Å². The second-order valence-corrected chi connectivity index (χ2v) is 3.81. The lowest BCUT2D eigenvalue weighted by molar-refractivity contribution is 0.0111. The zero-order valence-corrected chi connectivity index (χ0v) is 8.60. The lowest BCUT2D eigenvalue weighted by Crippen LogP contribution is -2.25. The Balaban J connectivity index is 2.41. The monoisotopic (exact) mass is 196 g/mol. The molecule has 0 heterocycles. The van der Waals surface area contributed by atoms with Crippen LogP contribution < -0.4 is 0 Å². The minimum absolute atomic E-state index is 0.563. The smallest absolute Gasteiger partial charge is 0.0802 e. The molecule has 1 aliphatic carbocycles. The molecule has 0 aromatic carbocycles. The van der Waals surface area contributed by atoms with Crippen molar-refractivity contribution in [1.82, 2.24) is 0 Å². The predicted octanol–water partition coefficient (Wildman–Crippen LogP) is 2.17. The molecular weight excluding hydrogens is 176 g/mol. The number of hydrogen-bond acceptors (Lipinski definition) is 2. The minimum Gasteiger partial charge on any atom is -0.390 e. The third-order valence-corrected chi connectivity index (χ3v) is 2.54. The van der Waals surface area contributed by atoms with Crippen molar-refractivity contribution in [1.29, 1.82) is 0 Å². The van der Waals surface area contributed by atoms with Crippen LogP contribution in [0.25, 0.3) is 0 Å². The van der Waals surface area contributed by atoms with E-state index in [0.717, 1.165) is 25.7 Å². The zero-order valence-electron chi connectivity index (χ0n) is 8.60. The fourth-order valence-corrected chi connectivity index (χ4v) is 1.58. The fraction of sp³-hybridized carbons (Fsp3) is 0.667. The van der Waals surface area contributed by atoms with Crippen molar-refractivity contribution >= 4 is 0 Å². The molecule has 0 saturated heterocycles. The highest BCUT2D eigenvalue weighted by Gasteiger charge is 2.14. The number of aliphatic hydroxyl groups is 2. The average molecular weight is 196 g/mol. The minimum atomic E-state index is -0.563. The molecule has 0 aromatic heterocycles. The van der Waals surface area contributed by atoms with Gasteiger partial charge in [-0.3, -0.25) is 0 Å². The highest BCUT2D eigenvalue weighted by Crippen LogP contribution is 2.10. The Morgan fingerprint density at radius 1 is 0.643 bits per heavy atom. The topological polar surface area (TPSA) is 40.5 Å². The summed E-state index contributed by atoms with van der Waals surface area (Å²) in [5, 5.41) is 19.1. The zero-order chi connectivity index (χ0) is 10.2. The highest BCUT2D eigenvalue weighted by molar-refractivity contribution is 4.90. The Bertz CT molecular complexity index is 174. The van der Waals surface area contributed by atoms with Crippen LogP contribution in [-0.4, -0.2) is 22.4 Å². The van der Waals surface area contributed by atoms with E-state index >= 15 is 0 Å². The Labute approximate surface area is 86.0 Å². The van der Waals surface area contributed by atoms with Gasteiger partial charge in [-0.1, -0.05) is 24.3 Å². The molecule has 0 saturated carbocycles. The van der Waals surface area contributed by atoms with Crippen LogP contribution in [0.5, 0.6) is 0 Å². The van der Waals surface area contributed by atoms with Crippen molar-refractivity contribution in [3.05, 3.63) is 24.3 Å². The molecule has 2 heteroatoms. The first-order valence-corrected chi connectivity index (χ1v) is 5.47. The second kappa shape index (κ2) is 6.80. The van der Waals surface area contributed by atoms with Gasteiger partial charge >= 0.3 is 0 Å². The summed E-state index contributed by atoms with van der Waals surface area (Å²) >= 11 is 0. The average Bonchev–Trinajstić information content (AvgIpc) is 2.18. The van der Waals surface area contributed by atoms with E-state index in [2.05, 4.69) is 24.3 Å². The van der Waals surface area contributed by atoms with Gasteiger partial charge in [0.2, 0.25) is 0 Å². The van der Waals surface area contributed by atoms with E-state index in [0.29, 0.717) is 12.8 Å². The van der Waals surface area contributed by atoms with Crippen LogP contribution in [0.15, 0.2) is 24.3 Å². The molecule has 0 aliphatic heterocycles. The maximum Gasteiger partial charge on any atom is 0.0802 e. The molecule has 2 atom stereocenters. The van der Waals surface area contributed by atoms with Crippen molar-refractivity contribution < 1.29 is 10.2 Å². The van der Waals surface area contributed by atoms with Gasteiger partial charge in [0.25, 0.3) is 0 Å². The van der Waals surface area contributed by atoms with E-state index in [1.165, 1.54) is 0 Å². The molecule has 0 amide bonds. The van der Waals surface area contributed by atoms with Crippen LogP contribution in [0.2, 0.25) is 0 Å². The van der Waals surface area contributed by atoms with Gasteiger partial charge in [-0.05, 0) is 38.5 Å². The molecular formula is C12H20O2. The molecule has 0 radical (unpaired) electrons. The molecule has 1 rings (SSSR count). The van der Waals surface area contributed by atoms with E-state index in [-0.39, 0.29) is 0 Å². The Hall–Kier alpha value is -0.600. The lowest BCUT2D eigenvalue weighted by atomic mass is 10.0. The highest BCUT2D eigenvalue weighted by atomic mass is 16.3. The van der Waals surface area contributed by atoms with Gasteiger partial charge in [0.15, 0.2) is 0 Å². The van der Waals surface area contributed by atoms with Crippen LogP contribution in [0, 0.1) is 0 Å². The summed E-state index contributed by atoms with van der Waals surface area (Å²) in [6.45, 7) is 0. The number of hydrogen-bond donors (Lipinski definition) is 2. The Morgan fingerprint density at radius 2 is 1.00 bits per heavy atom. The number of allylic oxidation sites excluding steroid dienone is 4. The maximum atomic E-state index is 9.55. The summed E-state index contributed by atoms with van der Waals surface area (Å²) in [5.74, 6) is 0. The Kier molecular flexibility index (Phi) is 5.57. The van der Waals surface area contributed by atoms with Gasteiger partial charge < -0.3 is 10.2 Å². The number of rotatable bonds is 0. The molecule has 1 unspecified atom stereocenters. The van der Waals surface area contributed by atoms with E-state index < -0.39 is 12.2 Å². The molecule has 0 spiro atoms.